The molecule has 0 spiro atoms. The lowest BCUT2D eigenvalue weighted by Gasteiger charge is -2.13. The SMILES string of the molecule is Cc1cccc(OCc2nc3ccc(C)cc3n2CC(C)C)c1. The van der Waals surface area contributed by atoms with Crippen molar-refractivity contribution in [3.05, 3.63) is 59.4 Å². The molecule has 2 aromatic carbocycles. The van der Waals surface area contributed by atoms with Gasteiger partial charge in [-0.15, -0.1) is 0 Å². The number of fused-ring (bicyclic) bond motifs is 1. The van der Waals surface area contributed by atoms with Crippen molar-refractivity contribution in [1.82, 2.24) is 9.55 Å². The van der Waals surface area contributed by atoms with Crippen LogP contribution in [-0.4, -0.2) is 9.55 Å². The lowest BCUT2D eigenvalue weighted by atomic mass is 10.2. The first-order valence-corrected chi connectivity index (χ1v) is 8.18. The molecule has 0 saturated carbocycles. The second kappa shape index (κ2) is 6.45. The van der Waals surface area contributed by atoms with Gasteiger partial charge < -0.3 is 9.30 Å². The van der Waals surface area contributed by atoms with Crippen LogP contribution in [0.25, 0.3) is 11.0 Å². The monoisotopic (exact) mass is 308 g/mol. The second-order valence-electron chi connectivity index (χ2n) is 6.63. The number of rotatable bonds is 5. The Morgan fingerprint density at radius 2 is 1.83 bits per heavy atom. The van der Waals surface area contributed by atoms with Crippen molar-refractivity contribution in [1.29, 1.82) is 0 Å². The molecule has 0 saturated heterocycles. The Morgan fingerprint density at radius 1 is 1.04 bits per heavy atom. The van der Waals surface area contributed by atoms with E-state index in [1.165, 1.54) is 16.6 Å². The molecule has 0 amide bonds. The maximum atomic E-state index is 5.97. The van der Waals surface area contributed by atoms with Gasteiger partial charge in [0.15, 0.2) is 0 Å². The summed E-state index contributed by atoms with van der Waals surface area (Å²) in [5, 5.41) is 0. The molecule has 120 valence electrons. The Morgan fingerprint density at radius 3 is 2.57 bits per heavy atom. The van der Waals surface area contributed by atoms with Gasteiger partial charge in [0.2, 0.25) is 0 Å². The van der Waals surface area contributed by atoms with E-state index in [9.17, 15) is 0 Å². The Kier molecular flexibility index (Phi) is 4.37. The average molecular weight is 308 g/mol. The predicted octanol–water partition coefficient (Wildman–Crippen LogP) is 4.89. The summed E-state index contributed by atoms with van der Waals surface area (Å²) in [6.45, 7) is 10.1. The smallest absolute Gasteiger partial charge is 0.148 e. The number of hydrogen-bond acceptors (Lipinski definition) is 2. The molecule has 3 heteroatoms. The largest absolute Gasteiger partial charge is 0.486 e. The quantitative estimate of drug-likeness (QED) is 0.671. The van der Waals surface area contributed by atoms with Crippen LogP contribution >= 0.6 is 0 Å². The Hall–Kier alpha value is -2.29. The molecular weight excluding hydrogens is 284 g/mol. The van der Waals surface area contributed by atoms with Crippen molar-refractivity contribution in [3.8, 4) is 5.75 Å². The summed E-state index contributed by atoms with van der Waals surface area (Å²) in [6.07, 6.45) is 0. The number of hydrogen-bond donors (Lipinski definition) is 0. The van der Waals surface area contributed by atoms with Crippen molar-refractivity contribution >= 4 is 11.0 Å². The van der Waals surface area contributed by atoms with Gasteiger partial charge in [-0.05, 0) is 55.2 Å². The molecule has 0 fully saturated rings. The first kappa shape index (κ1) is 15.6. The molecule has 0 aliphatic carbocycles. The highest BCUT2D eigenvalue weighted by molar-refractivity contribution is 5.76. The lowest BCUT2D eigenvalue weighted by Crippen LogP contribution is -2.11. The van der Waals surface area contributed by atoms with E-state index in [0.29, 0.717) is 12.5 Å². The number of aromatic nitrogens is 2. The van der Waals surface area contributed by atoms with Crippen LogP contribution in [0.3, 0.4) is 0 Å². The first-order chi connectivity index (χ1) is 11.0. The van der Waals surface area contributed by atoms with Crippen LogP contribution in [-0.2, 0) is 13.2 Å². The Bertz CT molecular complexity index is 818. The number of imidazole rings is 1. The third kappa shape index (κ3) is 3.55. The summed E-state index contributed by atoms with van der Waals surface area (Å²) in [4.78, 5) is 4.78. The van der Waals surface area contributed by atoms with Gasteiger partial charge in [-0.1, -0.05) is 32.0 Å². The lowest BCUT2D eigenvalue weighted by molar-refractivity contribution is 0.287. The van der Waals surface area contributed by atoms with E-state index in [4.69, 9.17) is 9.72 Å². The number of ether oxygens (including phenoxy) is 1. The normalized spacial score (nSPS) is 11.3. The third-order valence-electron chi connectivity index (χ3n) is 3.89. The highest BCUT2D eigenvalue weighted by Gasteiger charge is 2.12. The van der Waals surface area contributed by atoms with Gasteiger partial charge in [-0.2, -0.15) is 0 Å². The van der Waals surface area contributed by atoms with Crippen molar-refractivity contribution in [2.45, 2.75) is 40.8 Å². The molecule has 0 radical (unpaired) electrons. The zero-order chi connectivity index (χ0) is 16.4. The first-order valence-electron chi connectivity index (χ1n) is 8.18. The van der Waals surface area contributed by atoms with E-state index in [0.717, 1.165) is 23.6 Å². The summed E-state index contributed by atoms with van der Waals surface area (Å²) in [5.74, 6) is 2.44. The molecule has 0 aliphatic heterocycles. The van der Waals surface area contributed by atoms with Crippen molar-refractivity contribution in [2.75, 3.05) is 0 Å². The highest BCUT2D eigenvalue weighted by atomic mass is 16.5. The summed E-state index contributed by atoms with van der Waals surface area (Å²) in [7, 11) is 0. The van der Waals surface area contributed by atoms with Crippen LogP contribution in [0, 0.1) is 19.8 Å². The van der Waals surface area contributed by atoms with E-state index >= 15 is 0 Å². The fourth-order valence-corrected chi connectivity index (χ4v) is 2.81. The maximum absolute atomic E-state index is 5.97. The Labute approximate surface area is 137 Å². The van der Waals surface area contributed by atoms with Gasteiger partial charge in [-0.3, -0.25) is 0 Å². The minimum Gasteiger partial charge on any atom is -0.486 e. The molecule has 0 atom stereocenters. The van der Waals surface area contributed by atoms with Gasteiger partial charge in [0.25, 0.3) is 0 Å². The number of aryl methyl sites for hydroxylation is 2. The zero-order valence-electron chi connectivity index (χ0n) is 14.3. The summed E-state index contributed by atoms with van der Waals surface area (Å²) >= 11 is 0. The predicted molar refractivity (Wildman–Crippen MR) is 94.8 cm³/mol. The number of benzene rings is 2. The van der Waals surface area contributed by atoms with Gasteiger partial charge in [0, 0.05) is 6.54 Å². The van der Waals surface area contributed by atoms with E-state index in [2.05, 4.69) is 62.6 Å². The molecule has 23 heavy (non-hydrogen) atoms. The topological polar surface area (TPSA) is 27.1 Å². The molecular formula is C20H24N2O. The Balaban J connectivity index is 1.92. The number of nitrogens with zero attached hydrogens (tertiary/aromatic N) is 2. The van der Waals surface area contributed by atoms with Crippen LogP contribution in [0.15, 0.2) is 42.5 Å². The minimum absolute atomic E-state index is 0.490. The van der Waals surface area contributed by atoms with Crippen LogP contribution < -0.4 is 4.74 Å². The van der Waals surface area contributed by atoms with Gasteiger partial charge in [0.1, 0.15) is 18.2 Å². The molecule has 1 heterocycles. The standard InChI is InChI=1S/C20H24N2O/c1-14(2)12-22-19-11-16(4)8-9-18(19)21-20(22)13-23-17-7-5-6-15(3)10-17/h5-11,14H,12-13H2,1-4H3. The second-order valence-corrected chi connectivity index (χ2v) is 6.63. The van der Waals surface area contributed by atoms with Crippen molar-refractivity contribution in [2.24, 2.45) is 5.92 Å². The molecule has 0 unspecified atom stereocenters. The zero-order valence-corrected chi connectivity index (χ0v) is 14.3. The third-order valence-corrected chi connectivity index (χ3v) is 3.89. The van der Waals surface area contributed by atoms with Gasteiger partial charge in [0.05, 0.1) is 11.0 Å². The van der Waals surface area contributed by atoms with E-state index in [-0.39, 0.29) is 0 Å². The van der Waals surface area contributed by atoms with Crippen LogP contribution in [0.4, 0.5) is 0 Å². The molecule has 0 N–H and O–H groups in total. The highest BCUT2D eigenvalue weighted by Crippen LogP contribution is 2.21. The van der Waals surface area contributed by atoms with E-state index in [1.807, 2.05) is 12.1 Å². The summed E-state index contributed by atoms with van der Waals surface area (Å²) in [5.41, 5.74) is 4.70. The molecule has 3 aromatic rings. The van der Waals surface area contributed by atoms with E-state index in [1.54, 1.807) is 0 Å². The molecule has 0 bridgehead atoms. The van der Waals surface area contributed by atoms with Crippen molar-refractivity contribution < 1.29 is 4.74 Å². The van der Waals surface area contributed by atoms with Crippen LogP contribution in [0.1, 0.15) is 30.8 Å². The van der Waals surface area contributed by atoms with E-state index < -0.39 is 0 Å². The van der Waals surface area contributed by atoms with Gasteiger partial charge >= 0.3 is 0 Å². The summed E-state index contributed by atoms with van der Waals surface area (Å²) < 4.78 is 8.27. The minimum atomic E-state index is 0.490. The van der Waals surface area contributed by atoms with Crippen LogP contribution in [0.5, 0.6) is 5.75 Å². The van der Waals surface area contributed by atoms with Crippen LogP contribution in [0.2, 0.25) is 0 Å². The van der Waals surface area contributed by atoms with Gasteiger partial charge in [-0.25, -0.2) is 4.98 Å². The average Bonchev–Trinajstić information content (AvgIpc) is 2.82. The molecule has 1 aromatic heterocycles. The summed E-state index contributed by atoms with van der Waals surface area (Å²) in [6, 6.07) is 14.6. The van der Waals surface area contributed by atoms with Crippen molar-refractivity contribution in [3.63, 3.8) is 0 Å². The molecule has 3 rings (SSSR count). The molecule has 0 aliphatic rings. The molecule has 3 nitrogen and oxygen atoms in total. The maximum Gasteiger partial charge on any atom is 0.148 e. The fourth-order valence-electron chi connectivity index (χ4n) is 2.81. The fraction of sp³-hybridized carbons (Fsp3) is 0.350.